The Morgan fingerprint density at radius 1 is 0.609 bits per heavy atom. The summed E-state index contributed by atoms with van der Waals surface area (Å²) < 4.78 is 11.9. The third-order valence-corrected chi connectivity index (χ3v) is 10.6. The molecule has 0 spiro atoms. The Morgan fingerprint density at radius 3 is 1.78 bits per heavy atom. The molecule has 0 unspecified atom stereocenters. The summed E-state index contributed by atoms with van der Waals surface area (Å²) in [6.07, 6.45) is 27.8. The van der Waals surface area contributed by atoms with Crippen LogP contribution in [0.2, 0.25) is 0 Å². The van der Waals surface area contributed by atoms with Crippen LogP contribution in [0.5, 0.6) is 11.5 Å². The first-order chi connectivity index (χ1) is 22.7. The van der Waals surface area contributed by atoms with E-state index in [2.05, 4.69) is 37.8 Å². The van der Waals surface area contributed by atoms with Crippen LogP contribution < -0.4 is 9.47 Å². The van der Waals surface area contributed by atoms with Crippen molar-refractivity contribution in [3.63, 3.8) is 0 Å². The van der Waals surface area contributed by atoms with Gasteiger partial charge in [0.15, 0.2) is 0 Å². The van der Waals surface area contributed by atoms with Crippen molar-refractivity contribution in [2.45, 2.75) is 141 Å². The Hall–Kier alpha value is -2.30. The van der Waals surface area contributed by atoms with Crippen LogP contribution in [0, 0.1) is 17.8 Å². The fourth-order valence-electron chi connectivity index (χ4n) is 7.66. The summed E-state index contributed by atoms with van der Waals surface area (Å²) in [4.78, 5) is 10.3. The molecule has 2 aliphatic rings. The molecule has 0 N–H and O–H groups in total. The maximum Gasteiger partial charge on any atom is 0.119 e. The van der Waals surface area contributed by atoms with Crippen LogP contribution in [0.15, 0.2) is 61.2 Å². The molecule has 2 saturated carbocycles. The van der Waals surface area contributed by atoms with Crippen molar-refractivity contribution in [1.29, 1.82) is 0 Å². The SMILES string of the molecule is C=CCCOOCc1ccc(OCCCCOc2ccc(C3CCC(C4CCC(CCCCCCCCC)CC4)CC3)cc2)cc1. The van der Waals surface area contributed by atoms with Crippen LogP contribution in [-0.4, -0.2) is 19.8 Å². The number of benzene rings is 2. The first-order valence-electron chi connectivity index (χ1n) is 19.0. The molecule has 0 saturated heterocycles. The van der Waals surface area contributed by atoms with Crippen molar-refractivity contribution < 1.29 is 19.2 Å². The molecule has 256 valence electrons. The molecule has 4 rings (SSSR count). The highest BCUT2D eigenvalue weighted by atomic mass is 17.2. The van der Waals surface area contributed by atoms with Gasteiger partial charge in [-0.05, 0) is 117 Å². The molecule has 46 heavy (non-hydrogen) atoms. The van der Waals surface area contributed by atoms with E-state index in [1.54, 1.807) is 0 Å². The van der Waals surface area contributed by atoms with Crippen molar-refractivity contribution in [1.82, 2.24) is 0 Å². The lowest BCUT2D eigenvalue weighted by Gasteiger charge is -2.38. The van der Waals surface area contributed by atoms with Gasteiger partial charge in [-0.2, -0.15) is 0 Å². The predicted molar refractivity (Wildman–Crippen MR) is 191 cm³/mol. The van der Waals surface area contributed by atoms with Gasteiger partial charge in [0, 0.05) is 0 Å². The average molecular weight is 633 g/mol. The Kier molecular flexibility index (Phi) is 17.7. The Bertz CT molecular complexity index is 1030. The lowest BCUT2D eigenvalue weighted by molar-refractivity contribution is -0.302. The molecule has 0 bridgehead atoms. The van der Waals surface area contributed by atoms with Crippen molar-refractivity contribution in [2.75, 3.05) is 19.8 Å². The molecule has 0 atom stereocenters. The van der Waals surface area contributed by atoms with Gasteiger partial charge in [-0.1, -0.05) is 101 Å². The van der Waals surface area contributed by atoms with Gasteiger partial charge in [-0.25, -0.2) is 9.78 Å². The zero-order chi connectivity index (χ0) is 32.1. The number of unbranched alkanes of at least 4 members (excludes halogenated alkanes) is 7. The maximum absolute atomic E-state index is 6.05. The minimum atomic E-state index is 0.428. The van der Waals surface area contributed by atoms with Gasteiger partial charge in [0.1, 0.15) is 18.1 Å². The van der Waals surface area contributed by atoms with Crippen LogP contribution in [0.1, 0.15) is 146 Å². The Balaban J connectivity index is 1.01. The average Bonchev–Trinajstić information content (AvgIpc) is 3.10. The molecule has 2 aromatic rings. The topological polar surface area (TPSA) is 36.9 Å². The van der Waals surface area contributed by atoms with E-state index in [0.717, 1.165) is 66.6 Å². The first kappa shape index (κ1) is 36.5. The van der Waals surface area contributed by atoms with E-state index < -0.39 is 0 Å². The number of hydrogen-bond acceptors (Lipinski definition) is 4. The van der Waals surface area contributed by atoms with Gasteiger partial charge in [0.25, 0.3) is 0 Å². The molecule has 2 fully saturated rings. The van der Waals surface area contributed by atoms with E-state index in [0.29, 0.717) is 19.8 Å². The quantitative estimate of drug-likeness (QED) is 0.0528. The van der Waals surface area contributed by atoms with E-state index in [9.17, 15) is 0 Å². The lowest BCUT2D eigenvalue weighted by atomic mass is 9.68. The third kappa shape index (κ3) is 13.8. The predicted octanol–water partition coefficient (Wildman–Crippen LogP) is 12.2. The van der Waals surface area contributed by atoms with Gasteiger partial charge in [-0.15, -0.1) is 6.58 Å². The standard InChI is InChI=1S/C42H64O4/c1-3-5-7-8-9-10-11-14-35-15-19-37(20-16-35)38-21-23-39(24-22-38)40-25-29-42(30-26-40)44-32-13-12-31-43-41-27-17-36(18-28-41)34-46-45-33-6-4-2/h4,17-18,25-30,35,37-39H,2-3,5-16,19-24,31-34H2,1H3. The molecular formula is C42H64O4. The number of hydrogen-bond donors (Lipinski definition) is 0. The lowest BCUT2D eigenvalue weighted by Crippen LogP contribution is -2.25. The van der Waals surface area contributed by atoms with Gasteiger partial charge >= 0.3 is 0 Å². The molecule has 4 heteroatoms. The van der Waals surface area contributed by atoms with Gasteiger partial charge in [-0.3, -0.25) is 0 Å². The monoisotopic (exact) mass is 632 g/mol. The molecule has 0 heterocycles. The molecule has 0 amide bonds. The largest absolute Gasteiger partial charge is 0.494 e. The van der Waals surface area contributed by atoms with Crippen molar-refractivity contribution in [3.8, 4) is 11.5 Å². The van der Waals surface area contributed by atoms with Gasteiger partial charge in [0.2, 0.25) is 0 Å². The zero-order valence-electron chi connectivity index (χ0n) is 29.1. The van der Waals surface area contributed by atoms with E-state index in [-0.39, 0.29) is 0 Å². The molecular weight excluding hydrogens is 568 g/mol. The van der Waals surface area contributed by atoms with Crippen LogP contribution >= 0.6 is 0 Å². The number of ether oxygens (including phenoxy) is 2. The Morgan fingerprint density at radius 2 is 1.17 bits per heavy atom. The van der Waals surface area contributed by atoms with E-state index in [1.165, 1.54) is 108 Å². The van der Waals surface area contributed by atoms with E-state index in [4.69, 9.17) is 19.2 Å². The van der Waals surface area contributed by atoms with E-state index in [1.807, 2.05) is 30.3 Å². The van der Waals surface area contributed by atoms with Gasteiger partial charge in [0.05, 0.1) is 19.8 Å². The highest BCUT2D eigenvalue weighted by Gasteiger charge is 2.31. The second kappa shape index (κ2) is 22.3. The minimum Gasteiger partial charge on any atom is -0.494 e. The molecule has 2 aliphatic carbocycles. The zero-order valence-corrected chi connectivity index (χ0v) is 29.1. The minimum absolute atomic E-state index is 0.428. The molecule has 0 radical (unpaired) electrons. The fraction of sp³-hybridized carbons (Fsp3) is 0.667. The van der Waals surface area contributed by atoms with Crippen LogP contribution in [-0.2, 0) is 16.4 Å². The summed E-state index contributed by atoms with van der Waals surface area (Å²) in [6.45, 7) is 8.34. The van der Waals surface area contributed by atoms with Crippen LogP contribution in [0.4, 0.5) is 0 Å². The summed E-state index contributed by atoms with van der Waals surface area (Å²) in [7, 11) is 0. The first-order valence-corrected chi connectivity index (χ1v) is 19.0. The molecule has 4 nitrogen and oxygen atoms in total. The molecule has 2 aromatic carbocycles. The summed E-state index contributed by atoms with van der Waals surface area (Å²) in [5.41, 5.74) is 2.56. The van der Waals surface area contributed by atoms with Crippen molar-refractivity contribution >= 4 is 0 Å². The van der Waals surface area contributed by atoms with Crippen molar-refractivity contribution in [2.24, 2.45) is 17.8 Å². The van der Waals surface area contributed by atoms with Crippen molar-refractivity contribution in [3.05, 3.63) is 72.3 Å². The summed E-state index contributed by atoms with van der Waals surface area (Å²) in [6, 6.07) is 17.0. The summed E-state index contributed by atoms with van der Waals surface area (Å²) in [5, 5.41) is 0. The second-order valence-corrected chi connectivity index (χ2v) is 14.1. The molecule has 0 aliphatic heterocycles. The van der Waals surface area contributed by atoms with Crippen LogP contribution in [0.3, 0.4) is 0 Å². The highest BCUT2D eigenvalue weighted by Crippen LogP contribution is 2.44. The smallest absolute Gasteiger partial charge is 0.119 e. The Labute approximate surface area is 281 Å². The summed E-state index contributed by atoms with van der Waals surface area (Å²) in [5.74, 6) is 5.61. The number of rotatable bonds is 23. The second-order valence-electron chi connectivity index (χ2n) is 14.1. The third-order valence-electron chi connectivity index (χ3n) is 10.6. The van der Waals surface area contributed by atoms with Gasteiger partial charge < -0.3 is 9.47 Å². The molecule has 0 aromatic heterocycles. The normalized spacial score (nSPS) is 21.6. The van der Waals surface area contributed by atoms with E-state index >= 15 is 0 Å². The highest BCUT2D eigenvalue weighted by molar-refractivity contribution is 5.30. The van der Waals surface area contributed by atoms with Crippen LogP contribution in [0.25, 0.3) is 0 Å². The fourth-order valence-corrected chi connectivity index (χ4v) is 7.66. The summed E-state index contributed by atoms with van der Waals surface area (Å²) >= 11 is 0. The maximum atomic E-state index is 6.05.